The number of hydrogen-bond donors (Lipinski definition) is 1. The van der Waals surface area contributed by atoms with Crippen LogP contribution in [0.5, 0.6) is 0 Å². The number of amides is 2. The number of piperazine rings is 1. The molecule has 1 N–H and O–H groups in total. The minimum absolute atomic E-state index is 0.0191. The monoisotopic (exact) mass is 268 g/mol. The van der Waals surface area contributed by atoms with Crippen LogP contribution in [0.4, 0.5) is 0 Å². The van der Waals surface area contributed by atoms with Gasteiger partial charge in [0.25, 0.3) is 0 Å². The Labute approximate surface area is 115 Å². The van der Waals surface area contributed by atoms with Gasteiger partial charge >= 0.3 is 0 Å². The highest BCUT2D eigenvalue weighted by atomic mass is 16.5. The molecular formula is C14H24N2O3. The summed E-state index contributed by atoms with van der Waals surface area (Å²) in [5, 5.41) is 2.77. The fourth-order valence-corrected chi connectivity index (χ4v) is 2.03. The summed E-state index contributed by atoms with van der Waals surface area (Å²) in [6.45, 7) is 10.7. The zero-order chi connectivity index (χ0) is 14.4. The van der Waals surface area contributed by atoms with Crippen LogP contribution in [0.1, 0.15) is 27.2 Å². The number of nitrogens with zero attached hydrogens (tertiary/aromatic N) is 1. The third kappa shape index (κ3) is 4.06. The van der Waals surface area contributed by atoms with E-state index in [1.54, 1.807) is 17.9 Å². The lowest BCUT2D eigenvalue weighted by Crippen LogP contribution is -2.64. The van der Waals surface area contributed by atoms with Crippen molar-refractivity contribution in [3.05, 3.63) is 12.7 Å². The summed E-state index contributed by atoms with van der Waals surface area (Å²) < 4.78 is 5.41. The Morgan fingerprint density at radius 3 is 2.68 bits per heavy atom. The van der Waals surface area contributed by atoms with Crippen molar-refractivity contribution in [1.82, 2.24) is 10.2 Å². The van der Waals surface area contributed by atoms with E-state index in [1.807, 2.05) is 13.8 Å². The second-order valence-corrected chi connectivity index (χ2v) is 5.13. The topological polar surface area (TPSA) is 58.6 Å². The third-order valence-electron chi connectivity index (χ3n) is 3.30. The van der Waals surface area contributed by atoms with Gasteiger partial charge in [-0.1, -0.05) is 19.9 Å². The lowest BCUT2D eigenvalue weighted by molar-refractivity contribution is -0.150. The molecule has 5 nitrogen and oxygen atoms in total. The van der Waals surface area contributed by atoms with Crippen LogP contribution in [0.15, 0.2) is 12.7 Å². The number of hydrogen-bond acceptors (Lipinski definition) is 3. The average Bonchev–Trinajstić information content (AvgIpc) is 2.36. The Morgan fingerprint density at radius 2 is 2.11 bits per heavy atom. The molecule has 1 fully saturated rings. The zero-order valence-corrected chi connectivity index (χ0v) is 12.0. The second-order valence-electron chi connectivity index (χ2n) is 5.13. The molecule has 1 saturated heterocycles. The maximum atomic E-state index is 12.3. The molecule has 2 amide bonds. The largest absolute Gasteiger partial charge is 0.379 e. The van der Waals surface area contributed by atoms with E-state index >= 15 is 0 Å². The Morgan fingerprint density at radius 1 is 1.42 bits per heavy atom. The summed E-state index contributed by atoms with van der Waals surface area (Å²) in [5.41, 5.74) is 0. The SMILES string of the molecule is C=CCCOCCN1C(=O)C(C(C)C)NC(=O)C1C. The van der Waals surface area contributed by atoms with Gasteiger partial charge in [0, 0.05) is 6.54 Å². The molecule has 2 atom stereocenters. The minimum Gasteiger partial charge on any atom is -0.379 e. The molecule has 19 heavy (non-hydrogen) atoms. The van der Waals surface area contributed by atoms with Gasteiger partial charge in [0.1, 0.15) is 12.1 Å². The van der Waals surface area contributed by atoms with Crippen LogP contribution in [-0.2, 0) is 14.3 Å². The second kappa shape index (κ2) is 7.28. The third-order valence-corrected chi connectivity index (χ3v) is 3.30. The summed E-state index contributed by atoms with van der Waals surface area (Å²) in [4.78, 5) is 25.7. The molecule has 0 aliphatic carbocycles. The standard InChI is InChI=1S/C14H24N2O3/c1-5-6-8-19-9-7-16-11(4)13(17)15-12(10(2)3)14(16)18/h5,10-12H,1,6-9H2,2-4H3,(H,15,17). The van der Waals surface area contributed by atoms with Gasteiger partial charge in [-0.05, 0) is 19.3 Å². The molecule has 0 aromatic heterocycles. The van der Waals surface area contributed by atoms with E-state index in [1.165, 1.54) is 0 Å². The normalized spacial score (nSPS) is 23.7. The molecule has 108 valence electrons. The molecule has 2 unspecified atom stereocenters. The average molecular weight is 268 g/mol. The molecule has 5 heteroatoms. The first-order valence-electron chi connectivity index (χ1n) is 6.78. The van der Waals surface area contributed by atoms with E-state index in [9.17, 15) is 9.59 Å². The number of ether oxygens (including phenoxy) is 1. The fourth-order valence-electron chi connectivity index (χ4n) is 2.03. The van der Waals surface area contributed by atoms with E-state index in [0.717, 1.165) is 6.42 Å². The van der Waals surface area contributed by atoms with Crippen molar-refractivity contribution >= 4 is 11.8 Å². The minimum atomic E-state index is -0.425. The van der Waals surface area contributed by atoms with Gasteiger partial charge in [-0.15, -0.1) is 6.58 Å². The van der Waals surface area contributed by atoms with Gasteiger partial charge in [0.15, 0.2) is 0 Å². The number of rotatable bonds is 7. The van der Waals surface area contributed by atoms with Crippen LogP contribution in [-0.4, -0.2) is 48.6 Å². The Bertz CT molecular complexity index is 342. The maximum Gasteiger partial charge on any atom is 0.246 e. The van der Waals surface area contributed by atoms with Crippen molar-refractivity contribution in [3.63, 3.8) is 0 Å². The molecule has 1 aliphatic heterocycles. The van der Waals surface area contributed by atoms with Gasteiger partial charge in [0.2, 0.25) is 11.8 Å². The first kappa shape index (κ1) is 15.7. The summed E-state index contributed by atoms with van der Waals surface area (Å²) >= 11 is 0. The first-order chi connectivity index (χ1) is 8.99. The van der Waals surface area contributed by atoms with Crippen molar-refractivity contribution in [2.24, 2.45) is 5.92 Å². The number of nitrogens with one attached hydrogen (secondary N) is 1. The summed E-state index contributed by atoms with van der Waals surface area (Å²) in [6.07, 6.45) is 2.58. The number of carbonyl (C=O) groups is 2. The molecular weight excluding hydrogens is 244 g/mol. The van der Waals surface area contributed by atoms with Crippen LogP contribution in [0, 0.1) is 5.92 Å². The quantitative estimate of drug-likeness (QED) is 0.552. The van der Waals surface area contributed by atoms with E-state index < -0.39 is 12.1 Å². The van der Waals surface area contributed by atoms with Gasteiger partial charge < -0.3 is 15.0 Å². The molecule has 1 rings (SSSR count). The van der Waals surface area contributed by atoms with Crippen LogP contribution in [0.25, 0.3) is 0 Å². The van der Waals surface area contributed by atoms with Gasteiger partial charge in [-0.3, -0.25) is 9.59 Å². The van der Waals surface area contributed by atoms with Gasteiger partial charge in [-0.25, -0.2) is 0 Å². The highest BCUT2D eigenvalue weighted by Crippen LogP contribution is 2.14. The Balaban J connectivity index is 2.54. The van der Waals surface area contributed by atoms with Crippen molar-refractivity contribution in [2.75, 3.05) is 19.8 Å². The Kier molecular flexibility index (Phi) is 6.02. The molecule has 0 radical (unpaired) electrons. The van der Waals surface area contributed by atoms with Crippen LogP contribution < -0.4 is 5.32 Å². The lowest BCUT2D eigenvalue weighted by atomic mass is 9.98. The molecule has 0 aromatic carbocycles. The van der Waals surface area contributed by atoms with Crippen molar-refractivity contribution in [3.8, 4) is 0 Å². The van der Waals surface area contributed by atoms with E-state index in [2.05, 4.69) is 11.9 Å². The predicted octanol–water partition coefficient (Wildman–Crippen LogP) is 0.951. The van der Waals surface area contributed by atoms with Crippen LogP contribution in [0.2, 0.25) is 0 Å². The Hall–Kier alpha value is -1.36. The maximum absolute atomic E-state index is 12.3. The predicted molar refractivity (Wildman–Crippen MR) is 73.6 cm³/mol. The fraction of sp³-hybridized carbons (Fsp3) is 0.714. The summed E-state index contributed by atoms with van der Waals surface area (Å²) in [7, 11) is 0. The van der Waals surface area contributed by atoms with Gasteiger partial charge in [-0.2, -0.15) is 0 Å². The van der Waals surface area contributed by atoms with Crippen molar-refractivity contribution in [1.29, 1.82) is 0 Å². The van der Waals surface area contributed by atoms with E-state index in [-0.39, 0.29) is 17.7 Å². The summed E-state index contributed by atoms with van der Waals surface area (Å²) in [6, 6.07) is -0.845. The van der Waals surface area contributed by atoms with Crippen LogP contribution >= 0.6 is 0 Å². The van der Waals surface area contributed by atoms with Gasteiger partial charge in [0.05, 0.1) is 13.2 Å². The summed E-state index contributed by atoms with van der Waals surface area (Å²) in [5.74, 6) is -0.0213. The molecule has 1 heterocycles. The van der Waals surface area contributed by atoms with Crippen molar-refractivity contribution in [2.45, 2.75) is 39.3 Å². The number of carbonyl (C=O) groups excluding carboxylic acids is 2. The van der Waals surface area contributed by atoms with Crippen LogP contribution in [0.3, 0.4) is 0 Å². The van der Waals surface area contributed by atoms with Crippen molar-refractivity contribution < 1.29 is 14.3 Å². The molecule has 0 aromatic rings. The molecule has 0 spiro atoms. The molecule has 0 saturated carbocycles. The highest BCUT2D eigenvalue weighted by Gasteiger charge is 2.38. The smallest absolute Gasteiger partial charge is 0.246 e. The van der Waals surface area contributed by atoms with E-state index in [4.69, 9.17) is 4.74 Å². The van der Waals surface area contributed by atoms with E-state index in [0.29, 0.717) is 19.8 Å². The molecule has 1 aliphatic rings. The zero-order valence-electron chi connectivity index (χ0n) is 12.0. The lowest BCUT2D eigenvalue weighted by Gasteiger charge is -2.38. The first-order valence-corrected chi connectivity index (χ1v) is 6.78. The highest BCUT2D eigenvalue weighted by molar-refractivity contribution is 5.96. The molecule has 0 bridgehead atoms.